The summed E-state index contributed by atoms with van der Waals surface area (Å²) in [6.45, 7) is 0. The molecule has 0 aromatic heterocycles. The van der Waals surface area contributed by atoms with E-state index in [1.807, 2.05) is 6.07 Å². The summed E-state index contributed by atoms with van der Waals surface area (Å²) < 4.78 is 0. The van der Waals surface area contributed by atoms with Gasteiger partial charge in [-0.3, -0.25) is 0 Å². The SMILES string of the molecule is C1=CC2OOC1Cc1ccccc12. The molecule has 0 spiro atoms. The topological polar surface area (TPSA) is 18.5 Å². The van der Waals surface area contributed by atoms with Gasteiger partial charge in [-0.05, 0) is 17.2 Å². The van der Waals surface area contributed by atoms with Gasteiger partial charge in [0, 0.05) is 6.42 Å². The van der Waals surface area contributed by atoms with Crippen LogP contribution in [0.15, 0.2) is 36.4 Å². The lowest BCUT2D eigenvalue weighted by atomic mass is 10.0. The molecule has 2 heterocycles. The molecule has 2 aliphatic heterocycles. The average Bonchev–Trinajstić information content (AvgIpc) is 2.46. The van der Waals surface area contributed by atoms with Gasteiger partial charge >= 0.3 is 0 Å². The van der Waals surface area contributed by atoms with Gasteiger partial charge < -0.3 is 0 Å². The zero-order valence-electron chi connectivity index (χ0n) is 7.14. The van der Waals surface area contributed by atoms with Gasteiger partial charge in [0.2, 0.25) is 0 Å². The molecule has 4 rings (SSSR count). The van der Waals surface area contributed by atoms with Crippen LogP contribution in [0.4, 0.5) is 0 Å². The Hall–Kier alpha value is -1.12. The van der Waals surface area contributed by atoms with Crippen LogP contribution in [-0.2, 0) is 16.2 Å². The van der Waals surface area contributed by atoms with E-state index in [0.29, 0.717) is 0 Å². The Morgan fingerprint density at radius 2 is 2.00 bits per heavy atom. The van der Waals surface area contributed by atoms with Crippen molar-refractivity contribution in [2.75, 3.05) is 0 Å². The van der Waals surface area contributed by atoms with Gasteiger partial charge in [-0.15, -0.1) is 0 Å². The monoisotopic (exact) mass is 174 g/mol. The van der Waals surface area contributed by atoms with Crippen LogP contribution in [0.2, 0.25) is 0 Å². The second kappa shape index (κ2) is 2.69. The van der Waals surface area contributed by atoms with Crippen molar-refractivity contribution in [1.29, 1.82) is 0 Å². The third kappa shape index (κ3) is 1.10. The third-order valence-electron chi connectivity index (χ3n) is 2.57. The predicted molar refractivity (Wildman–Crippen MR) is 48.0 cm³/mol. The van der Waals surface area contributed by atoms with Crippen LogP contribution in [0.1, 0.15) is 17.2 Å². The molecule has 13 heavy (non-hydrogen) atoms. The lowest BCUT2D eigenvalue weighted by molar-refractivity contribution is -0.338. The number of rotatable bonds is 0. The predicted octanol–water partition coefficient (Wildman–Crippen LogP) is 2.17. The quantitative estimate of drug-likeness (QED) is 0.443. The smallest absolute Gasteiger partial charge is 0.137 e. The van der Waals surface area contributed by atoms with Crippen LogP contribution in [0.3, 0.4) is 0 Å². The van der Waals surface area contributed by atoms with Crippen LogP contribution < -0.4 is 0 Å². The first kappa shape index (κ1) is 7.30. The Morgan fingerprint density at radius 1 is 1.08 bits per heavy atom. The number of hydrogen-bond donors (Lipinski definition) is 0. The van der Waals surface area contributed by atoms with E-state index in [4.69, 9.17) is 9.78 Å². The first-order valence-electron chi connectivity index (χ1n) is 4.52. The lowest BCUT2D eigenvalue weighted by Crippen LogP contribution is -2.14. The molecule has 2 atom stereocenters. The summed E-state index contributed by atoms with van der Waals surface area (Å²) in [6, 6.07) is 8.33. The number of hydrogen-bond acceptors (Lipinski definition) is 2. The maximum Gasteiger partial charge on any atom is 0.137 e. The molecule has 2 nitrogen and oxygen atoms in total. The first-order chi connectivity index (χ1) is 6.43. The Morgan fingerprint density at radius 3 is 2.85 bits per heavy atom. The summed E-state index contributed by atoms with van der Waals surface area (Å²) in [5.74, 6) is 0. The van der Waals surface area contributed by atoms with Crippen molar-refractivity contribution in [2.24, 2.45) is 0 Å². The van der Waals surface area contributed by atoms with E-state index < -0.39 is 0 Å². The van der Waals surface area contributed by atoms with Gasteiger partial charge in [0.25, 0.3) is 0 Å². The van der Waals surface area contributed by atoms with E-state index in [0.717, 1.165) is 6.42 Å². The summed E-state index contributed by atoms with van der Waals surface area (Å²) in [6.07, 6.45) is 5.16. The van der Waals surface area contributed by atoms with Crippen molar-refractivity contribution in [3.8, 4) is 0 Å². The van der Waals surface area contributed by atoms with Crippen molar-refractivity contribution < 1.29 is 9.78 Å². The molecule has 2 unspecified atom stereocenters. The van der Waals surface area contributed by atoms with E-state index >= 15 is 0 Å². The van der Waals surface area contributed by atoms with E-state index in [9.17, 15) is 0 Å². The van der Waals surface area contributed by atoms with Gasteiger partial charge in [-0.25, -0.2) is 9.78 Å². The molecule has 1 aliphatic carbocycles. The molecule has 2 bridgehead atoms. The fraction of sp³-hybridized carbons (Fsp3) is 0.273. The molecule has 0 saturated carbocycles. The Kier molecular flexibility index (Phi) is 1.51. The highest BCUT2D eigenvalue weighted by Gasteiger charge is 2.26. The van der Waals surface area contributed by atoms with Gasteiger partial charge in [-0.2, -0.15) is 0 Å². The van der Waals surface area contributed by atoms with Crippen LogP contribution >= 0.6 is 0 Å². The fourth-order valence-corrected chi connectivity index (χ4v) is 1.89. The Balaban J connectivity index is 2.16. The summed E-state index contributed by atoms with van der Waals surface area (Å²) >= 11 is 0. The second-order valence-electron chi connectivity index (χ2n) is 3.44. The largest absolute Gasteiger partial charge is 0.228 e. The highest BCUT2D eigenvalue weighted by molar-refractivity contribution is 5.35. The molecule has 0 N–H and O–H groups in total. The summed E-state index contributed by atoms with van der Waals surface area (Å²) in [7, 11) is 0. The maximum absolute atomic E-state index is 5.24. The van der Waals surface area contributed by atoms with E-state index in [-0.39, 0.29) is 12.2 Å². The van der Waals surface area contributed by atoms with Crippen molar-refractivity contribution in [3.63, 3.8) is 0 Å². The van der Waals surface area contributed by atoms with Gasteiger partial charge in [-0.1, -0.05) is 30.3 Å². The normalized spacial score (nSPS) is 29.8. The first-order valence-corrected chi connectivity index (χ1v) is 4.52. The van der Waals surface area contributed by atoms with Crippen molar-refractivity contribution >= 4 is 0 Å². The minimum absolute atomic E-state index is 0.00468. The van der Waals surface area contributed by atoms with E-state index in [1.165, 1.54) is 11.1 Å². The molecule has 0 fully saturated rings. The molecule has 0 saturated heterocycles. The summed E-state index contributed by atoms with van der Waals surface area (Å²) in [5, 5.41) is 0. The Labute approximate surface area is 76.7 Å². The second-order valence-corrected chi connectivity index (χ2v) is 3.44. The highest BCUT2D eigenvalue weighted by Crippen LogP contribution is 2.32. The molecule has 2 heteroatoms. The van der Waals surface area contributed by atoms with Crippen molar-refractivity contribution in [1.82, 2.24) is 0 Å². The zero-order chi connectivity index (χ0) is 8.67. The maximum atomic E-state index is 5.24. The molecule has 1 aromatic carbocycles. The zero-order valence-corrected chi connectivity index (χ0v) is 7.14. The minimum atomic E-state index is -0.00468. The number of benzene rings is 1. The van der Waals surface area contributed by atoms with Gasteiger partial charge in [0.15, 0.2) is 0 Å². The van der Waals surface area contributed by atoms with E-state index in [1.54, 1.807) is 0 Å². The third-order valence-corrected chi connectivity index (χ3v) is 2.57. The molecular formula is C11H10O2. The summed E-state index contributed by atoms with van der Waals surface area (Å²) in [4.78, 5) is 10.4. The number of fused-ring (bicyclic) bond motifs is 1. The average molecular weight is 174 g/mol. The Bertz CT molecular complexity index is 357. The van der Waals surface area contributed by atoms with Crippen molar-refractivity contribution in [3.05, 3.63) is 47.5 Å². The fourth-order valence-electron chi connectivity index (χ4n) is 1.89. The minimum Gasteiger partial charge on any atom is -0.228 e. The highest BCUT2D eigenvalue weighted by atomic mass is 17.2. The van der Waals surface area contributed by atoms with Crippen LogP contribution in [-0.4, -0.2) is 6.10 Å². The molecule has 66 valence electrons. The summed E-state index contributed by atoms with van der Waals surface area (Å²) in [5.41, 5.74) is 2.57. The molecule has 3 aliphatic rings. The van der Waals surface area contributed by atoms with Crippen LogP contribution in [0, 0.1) is 0 Å². The van der Waals surface area contributed by atoms with E-state index in [2.05, 4.69) is 30.4 Å². The molecule has 0 radical (unpaired) electrons. The lowest BCUT2D eigenvalue weighted by Gasteiger charge is -2.16. The molecular weight excluding hydrogens is 164 g/mol. The standard InChI is InChI=1S/C11H10O2/c1-2-4-10-8(3-1)7-9-5-6-11(10)13-12-9/h1-6,9,11H,7H2. The van der Waals surface area contributed by atoms with Crippen LogP contribution in [0.25, 0.3) is 0 Å². The van der Waals surface area contributed by atoms with Crippen molar-refractivity contribution in [2.45, 2.75) is 18.6 Å². The molecule has 0 amide bonds. The molecule has 1 aromatic rings. The van der Waals surface area contributed by atoms with Gasteiger partial charge in [0.05, 0.1) is 0 Å². The van der Waals surface area contributed by atoms with Gasteiger partial charge in [0.1, 0.15) is 12.2 Å². The van der Waals surface area contributed by atoms with Crippen LogP contribution in [0.5, 0.6) is 0 Å².